The molecule has 0 aliphatic rings. The van der Waals surface area contributed by atoms with E-state index in [9.17, 15) is 43.2 Å². The van der Waals surface area contributed by atoms with E-state index in [0.717, 1.165) is 148 Å². The van der Waals surface area contributed by atoms with Crippen LogP contribution in [0.3, 0.4) is 0 Å². The topological polar surface area (TPSA) is 237 Å². The van der Waals surface area contributed by atoms with Gasteiger partial charge in [-0.3, -0.25) is 37.3 Å². The fourth-order valence-electron chi connectivity index (χ4n) is 11.0. The second-order valence-electron chi connectivity index (χ2n) is 26.6. The van der Waals surface area contributed by atoms with Gasteiger partial charge in [0, 0.05) is 25.7 Å². The summed E-state index contributed by atoms with van der Waals surface area (Å²) in [6.07, 6.45) is 70.5. The first kappa shape index (κ1) is 94.8. The van der Waals surface area contributed by atoms with E-state index in [1.807, 2.05) is 0 Å². The molecule has 0 aromatic carbocycles. The first-order valence-electron chi connectivity index (χ1n) is 39.5. The third-order valence-corrected chi connectivity index (χ3v) is 18.9. The zero-order valence-corrected chi connectivity index (χ0v) is 64.3. The molecule has 19 heteroatoms. The first-order valence-corrected chi connectivity index (χ1v) is 42.5. The number of carbonyl (C=O) groups excluding carboxylic acids is 4. The third-order valence-electron chi connectivity index (χ3n) is 17.0. The Bertz CT molecular complexity index is 2100. The molecule has 0 aliphatic heterocycles. The van der Waals surface area contributed by atoms with E-state index in [0.29, 0.717) is 25.7 Å². The van der Waals surface area contributed by atoms with E-state index in [2.05, 4.69) is 88.5 Å². The van der Waals surface area contributed by atoms with Gasteiger partial charge in [-0.05, 0) is 89.9 Å². The Kier molecular flexibility index (Phi) is 69.7. The van der Waals surface area contributed by atoms with Crippen LogP contribution in [0.5, 0.6) is 0 Å². The molecule has 0 radical (unpaired) electrons. The lowest BCUT2D eigenvalue weighted by molar-refractivity contribution is -0.161. The number of unbranched alkanes of at least 4 members (excludes halogenated alkanes) is 39. The first-order chi connectivity index (χ1) is 47.7. The van der Waals surface area contributed by atoms with Crippen molar-refractivity contribution in [2.24, 2.45) is 0 Å². The summed E-state index contributed by atoms with van der Waals surface area (Å²) in [7, 11) is -9.94. The van der Waals surface area contributed by atoms with Gasteiger partial charge in [-0.15, -0.1) is 0 Å². The maximum Gasteiger partial charge on any atom is 0.472 e. The maximum absolute atomic E-state index is 13.1. The Labute approximate surface area is 597 Å². The average Bonchev–Trinajstić information content (AvgIpc) is 1.04. The van der Waals surface area contributed by atoms with Crippen LogP contribution in [0.15, 0.2) is 60.8 Å². The van der Waals surface area contributed by atoms with Crippen molar-refractivity contribution in [1.29, 1.82) is 0 Å². The maximum atomic E-state index is 13.1. The number of aliphatic hydroxyl groups is 1. The fraction of sp³-hybridized carbons (Fsp3) is 0.823. The summed E-state index contributed by atoms with van der Waals surface area (Å²) >= 11 is 0. The molecule has 0 spiro atoms. The fourth-order valence-corrected chi connectivity index (χ4v) is 12.6. The van der Waals surface area contributed by atoms with Gasteiger partial charge in [0.2, 0.25) is 0 Å². The Morgan fingerprint density at radius 3 is 0.837 bits per heavy atom. The van der Waals surface area contributed by atoms with Crippen LogP contribution >= 0.6 is 15.6 Å². The predicted octanol–water partition coefficient (Wildman–Crippen LogP) is 22.7. The summed E-state index contributed by atoms with van der Waals surface area (Å²) < 4.78 is 68.6. The Hall–Kier alpha value is -3.24. The number of phosphoric ester groups is 2. The molecular formula is C79H144O17P2. The van der Waals surface area contributed by atoms with Gasteiger partial charge < -0.3 is 33.8 Å². The van der Waals surface area contributed by atoms with E-state index in [4.69, 9.17) is 37.0 Å². The molecule has 0 aromatic heterocycles. The average molecular weight is 1430 g/mol. The van der Waals surface area contributed by atoms with Crippen LogP contribution in [-0.4, -0.2) is 96.7 Å². The van der Waals surface area contributed by atoms with Gasteiger partial charge in [-0.1, -0.05) is 307 Å². The van der Waals surface area contributed by atoms with Crippen LogP contribution in [0, 0.1) is 0 Å². The summed E-state index contributed by atoms with van der Waals surface area (Å²) in [6, 6.07) is 0. The van der Waals surface area contributed by atoms with Gasteiger partial charge in [0.25, 0.3) is 0 Å². The van der Waals surface area contributed by atoms with Gasteiger partial charge in [0.15, 0.2) is 12.2 Å². The van der Waals surface area contributed by atoms with Crippen LogP contribution < -0.4 is 0 Å². The number of rotatable bonds is 75. The minimum Gasteiger partial charge on any atom is -0.462 e. The van der Waals surface area contributed by atoms with Crippen molar-refractivity contribution >= 4 is 39.5 Å². The Balaban J connectivity index is 5.33. The highest BCUT2D eigenvalue weighted by atomic mass is 31.2. The molecule has 0 saturated carbocycles. The van der Waals surface area contributed by atoms with Crippen molar-refractivity contribution in [2.45, 2.75) is 380 Å². The molecule has 572 valence electrons. The zero-order chi connectivity index (χ0) is 71.8. The lowest BCUT2D eigenvalue weighted by atomic mass is 10.0. The lowest BCUT2D eigenvalue weighted by Gasteiger charge is -2.21. The van der Waals surface area contributed by atoms with E-state index >= 15 is 0 Å². The summed E-state index contributed by atoms with van der Waals surface area (Å²) in [4.78, 5) is 72.9. The molecule has 0 fully saturated rings. The monoisotopic (exact) mass is 1430 g/mol. The van der Waals surface area contributed by atoms with Crippen molar-refractivity contribution < 1.29 is 80.2 Å². The second kappa shape index (κ2) is 72.1. The highest BCUT2D eigenvalue weighted by Gasteiger charge is 2.30. The van der Waals surface area contributed by atoms with E-state index in [-0.39, 0.29) is 25.7 Å². The molecule has 0 heterocycles. The van der Waals surface area contributed by atoms with Crippen molar-refractivity contribution in [1.82, 2.24) is 0 Å². The smallest absolute Gasteiger partial charge is 0.462 e. The van der Waals surface area contributed by atoms with Gasteiger partial charge in [0.05, 0.1) is 26.4 Å². The minimum atomic E-state index is -4.97. The zero-order valence-electron chi connectivity index (χ0n) is 62.5. The second-order valence-corrected chi connectivity index (χ2v) is 29.5. The van der Waals surface area contributed by atoms with Gasteiger partial charge in [-0.25, -0.2) is 9.13 Å². The van der Waals surface area contributed by atoms with Gasteiger partial charge in [-0.2, -0.15) is 0 Å². The third kappa shape index (κ3) is 71.2. The van der Waals surface area contributed by atoms with Crippen molar-refractivity contribution in [2.75, 3.05) is 39.6 Å². The number of hydrogen-bond donors (Lipinski definition) is 3. The molecule has 98 heavy (non-hydrogen) atoms. The minimum absolute atomic E-state index is 0.0976. The largest absolute Gasteiger partial charge is 0.472 e. The molecule has 17 nitrogen and oxygen atoms in total. The normalized spacial score (nSPS) is 14.2. The summed E-state index contributed by atoms with van der Waals surface area (Å²) in [5, 5.41) is 10.6. The predicted molar refractivity (Wildman–Crippen MR) is 400 cm³/mol. The Morgan fingerprint density at radius 2 is 0.531 bits per heavy atom. The summed E-state index contributed by atoms with van der Waals surface area (Å²) in [5.41, 5.74) is 0. The van der Waals surface area contributed by atoms with E-state index in [1.165, 1.54) is 135 Å². The molecular weight excluding hydrogens is 1280 g/mol. The molecule has 0 amide bonds. The van der Waals surface area contributed by atoms with E-state index < -0.39 is 97.5 Å². The molecule has 5 unspecified atom stereocenters. The molecule has 0 aromatic rings. The molecule has 0 bridgehead atoms. The number of esters is 4. The number of carbonyl (C=O) groups is 4. The van der Waals surface area contributed by atoms with Crippen LogP contribution in [0.25, 0.3) is 0 Å². The standard InChI is InChI=1S/C79H144O17P2/c1-5-9-13-17-21-25-29-33-36-40-43-47-51-55-59-63-76(81)89-69-74(95-78(83)65-61-57-53-49-45-39-32-28-24-20-16-12-8-4)71-93-97(85,86)91-67-73(80)68-92-98(87,88)94-72-75(96-79(84)66-62-58-54-50-46-42-38-35-31-27-23-19-15-11-7-3)70-90-77(82)64-60-56-52-48-44-41-37-34-30-26-22-18-14-10-6-2/h10,14,21-22,25-26,33-34,36-37,73-75,80H,5-9,11-13,15-20,23-24,27-32,35,38-72H2,1-4H3,(H,85,86)(H,87,88)/b14-10-,25-21-,26-22-,36-33-,37-34-. The highest BCUT2D eigenvalue weighted by Crippen LogP contribution is 2.45. The van der Waals surface area contributed by atoms with Crippen LogP contribution in [0.1, 0.15) is 362 Å². The number of hydrogen-bond acceptors (Lipinski definition) is 15. The van der Waals surface area contributed by atoms with Crippen molar-refractivity contribution in [3.63, 3.8) is 0 Å². The van der Waals surface area contributed by atoms with Gasteiger partial charge >= 0.3 is 39.5 Å². The SMILES string of the molecule is CC/C=C\C/C=C\C/C=C\CCCCCCCC(=O)OCC(COP(=O)(O)OCC(O)COP(=O)(O)OCC(COC(=O)CCCCCCC/C=C\C/C=C\CCCCC)OC(=O)CCCCCCCCCCCCCCC)OC(=O)CCCCCCCCCCCCCCCCC. The molecule has 3 N–H and O–H groups in total. The molecule has 5 atom stereocenters. The van der Waals surface area contributed by atoms with Crippen LogP contribution in [0.2, 0.25) is 0 Å². The van der Waals surface area contributed by atoms with Gasteiger partial charge in [0.1, 0.15) is 19.3 Å². The van der Waals surface area contributed by atoms with Crippen molar-refractivity contribution in [3.05, 3.63) is 60.8 Å². The van der Waals surface area contributed by atoms with Crippen LogP contribution in [0.4, 0.5) is 0 Å². The highest BCUT2D eigenvalue weighted by molar-refractivity contribution is 7.47. The quantitative estimate of drug-likeness (QED) is 0.0169. The molecule has 0 saturated heterocycles. The lowest BCUT2D eigenvalue weighted by Crippen LogP contribution is -2.30. The Morgan fingerprint density at radius 1 is 0.296 bits per heavy atom. The molecule has 0 rings (SSSR count). The summed E-state index contributed by atoms with van der Waals surface area (Å²) in [6.45, 7) is 4.78. The van der Waals surface area contributed by atoms with E-state index in [1.54, 1.807) is 0 Å². The number of allylic oxidation sites excluding steroid dienone is 10. The number of phosphoric acid groups is 2. The van der Waals surface area contributed by atoms with Crippen LogP contribution in [-0.2, 0) is 65.4 Å². The summed E-state index contributed by atoms with van der Waals surface area (Å²) in [5.74, 6) is -2.17. The number of ether oxygens (including phenoxy) is 4. The van der Waals surface area contributed by atoms with Crippen molar-refractivity contribution in [3.8, 4) is 0 Å². The molecule has 0 aliphatic carbocycles. The number of aliphatic hydroxyl groups excluding tert-OH is 1.